The van der Waals surface area contributed by atoms with Crippen LogP contribution in [0.2, 0.25) is 0 Å². The molecule has 3 N–H and O–H groups in total. The van der Waals surface area contributed by atoms with Crippen molar-refractivity contribution in [2.45, 2.75) is 18.9 Å². The van der Waals surface area contributed by atoms with Crippen molar-refractivity contribution < 1.29 is 0 Å². The summed E-state index contributed by atoms with van der Waals surface area (Å²) < 4.78 is 0.944. The number of hydrogen-bond donors (Lipinski definition) is 2. The molecule has 0 amide bonds. The number of aromatic nitrogens is 3. The van der Waals surface area contributed by atoms with Gasteiger partial charge in [0, 0.05) is 26.2 Å². The van der Waals surface area contributed by atoms with Crippen molar-refractivity contribution in [2.75, 3.05) is 18.0 Å². The smallest absolute Gasteiger partial charge is 0.342 e. The lowest BCUT2D eigenvalue weighted by Crippen LogP contribution is -2.44. The van der Waals surface area contributed by atoms with Gasteiger partial charge in [-0.1, -0.05) is 0 Å². The fraction of sp³-hybridized carbons (Fsp3) is 0.667. The molecule has 8 heteroatoms. The van der Waals surface area contributed by atoms with E-state index in [4.69, 9.17) is 5.73 Å². The first-order valence-corrected chi connectivity index (χ1v) is 5.26. The van der Waals surface area contributed by atoms with Crippen molar-refractivity contribution in [2.24, 2.45) is 12.8 Å². The molecule has 1 saturated heterocycles. The average Bonchev–Trinajstić information content (AvgIpc) is 2.26. The van der Waals surface area contributed by atoms with E-state index in [0.717, 1.165) is 30.5 Å². The Morgan fingerprint density at radius 3 is 2.47 bits per heavy atom. The number of piperidine rings is 1. The number of rotatable bonds is 1. The third kappa shape index (κ3) is 2.86. The number of anilines is 1. The fourth-order valence-electron chi connectivity index (χ4n) is 1.72. The van der Waals surface area contributed by atoms with Crippen molar-refractivity contribution in [1.29, 1.82) is 0 Å². The van der Waals surface area contributed by atoms with Gasteiger partial charge in [0.15, 0.2) is 0 Å². The Morgan fingerprint density at radius 1 is 1.35 bits per heavy atom. The van der Waals surface area contributed by atoms with Crippen molar-refractivity contribution in [1.82, 2.24) is 14.5 Å². The van der Waals surface area contributed by atoms with E-state index in [2.05, 4.69) is 9.97 Å². The van der Waals surface area contributed by atoms with E-state index >= 15 is 0 Å². The van der Waals surface area contributed by atoms with Gasteiger partial charge in [0.1, 0.15) is 0 Å². The van der Waals surface area contributed by atoms with E-state index in [9.17, 15) is 9.59 Å². The fourth-order valence-corrected chi connectivity index (χ4v) is 1.72. The quantitative estimate of drug-likeness (QED) is 0.663. The summed E-state index contributed by atoms with van der Waals surface area (Å²) in [6.07, 6.45) is 1.69. The Morgan fingerprint density at radius 2 is 1.94 bits per heavy atom. The van der Waals surface area contributed by atoms with E-state index < -0.39 is 11.4 Å². The largest absolute Gasteiger partial charge is 0.354 e. The van der Waals surface area contributed by atoms with Gasteiger partial charge >= 0.3 is 11.4 Å². The second kappa shape index (κ2) is 5.33. The number of nitrogens with two attached hydrogens (primary N) is 1. The SMILES string of the molecule is Cl.Cn1c(=O)nc(N2CCC(N)CC2)[nH]c1=O. The average molecular weight is 262 g/mol. The minimum atomic E-state index is -0.534. The molecule has 2 heterocycles. The molecule has 0 saturated carbocycles. The Bertz CT molecular complexity index is 458. The van der Waals surface area contributed by atoms with Crippen molar-refractivity contribution >= 4 is 18.4 Å². The summed E-state index contributed by atoms with van der Waals surface area (Å²) in [6.45, 7) is 1.44. The van der Waals surface area contributed by atoms with E-state index in [1.165, 1.54) is 7.05 Å². The molecule has 0 aromatic carbocycles. The minimum Gasteiger partial charge on any atom is -0.342 e. The predicted molar refractivity (Wildman–Crippen MR) is 66.8 cm³/mol. The number of nitrogens with one attached hydrogen (secondary N) is 1. The van der Waals surface area contributed by atoms with Gasteiger partial charge in [-0.05, 0) is 12.8 Å². The number of halogens is 1. The molecule has 0 spiro atoms. The van der Waals surface area contributed by atoms with Crippen LogP contribution < -0.4 is 22.0 Å². The lowest BCUT2D eigenvalue weighted by Gasteiger charge is -2.30. The topological polar surface area (TPSA) is 97.0 Å². The monoisotopic (exact) mass is 261 g/mol. The lowest BCUT2D eigenvalue weighted by atomic mass is 10.1. The highest BCUT2D eigenvalue weighted by Crippen LogP contribution is 2.12. The molecular weight excluding hydrogens is 246 g/mol. The summed E-state index contributed by atoms with van der Waals surface area (Å²) in [7, 11) is 1.39. The maximum absolute atomic E-state index is 11.4. The maximum atomic E-state index is 11.4. The van der Waals surface area contributed by atoms with Crippen LogP contribution in [0.15, 0.2) is 9.59 Å². The molecule has 96 valence electrons. The summed E-state index contributed by atoms with van der Waals surface area (Å²) in [4.78, 5) is 31.0. The van der Waals surface area contributed by atoms with Gasteiger partial charge < -0.3 is 10.6 Å². The van der Waals surface area contributed by atoms with Crippen LogP contribution in [0.5, 0.6) is 0 Å². The zero-order chi connectivity index (χ0) is 11.7. The second-order valence-corrected chi connectivity index (χ2v) is 4.03. The molecule has 0 aliphatic carbocycles. The molecule has 17 heavy (non-hydrogen) atoms. The molecule has 2 rings (SSSR count). The zero-order valence-corrected chi connectivity index (χ0v) is 10.4. The van der Waals surface area contributed by atoms with Crippen LogP contribution in [-0.2, 0) is 7.05 Å². The van der Waals surface area contributed by atoms with E-state index in [-0.39, 0.29) is 18.4 Å². The van der Waals surface area contributed by atoms with Crippen molar-refractivity contribution in [3.05, 3.63) is 21.0 Å². The summed E-state index contributed by atoms with van der Waals surface area (Å²) >= 11 is 0. The standard InChI is InChI=1S/C9H15N5O2.ClH/c1-13-8(15)11-7(12-9(13)16)14-4-2-6(10)3-5-14;/h6H,2-5,10H2,1H3,(H,11,12,15,16);1H. The van der Waals surface area contributed by atoms with Crippen molar-refractivity contribution in [3.63, 3.8) is 0 Å². The zero-order valence-electron chi connectivity index (χ0n) is 9.55. The van der Waals surface area contributed by atoms with E-state index in [1.54, 1.807) is 0 Å². The van der Waals surface area contributed by atoms with Crippen LogP contribution in [0.25, 0.3) is 0 Å². The van der Waals surface area contributed by atoms with Gasteiger partial charge in [-0.3, -0.25) is 4.98 Å². The Labute approximate surface area is 104 Å². The lowest BCUT2D eigenvalue weighted by molar-refractivity contribution is 0.492. The molecule has 0 radical (unpaired) electrons. The van der Waals surface area contributed by atoms with E-state index in [1.807, 2.05) is 4.90 Å². The van der Waals surface area contributed by atoms with Crippen LogP contribution in [0.4, 0.5) is 5.95 Å². The summed E-state index contributed by atoms with van der Waals surface area (Å²) in [6, 6.07) is 0.203. The molecule has 0 unspecified atom stereocenters. The van der Waals surface area contributed by atoms with Gasteiger partial charge in [-0.25, -0.2) is 14.2 Å². The third-order valence-electron chi connectivity index (χ3n) is 2.85. The highest BCUT2D eigenvalue weighted by atomic mass is 35.5. The predicted octanol–water partition coefficient (Wildman–Crippen LogP) is -1.18. The first kappa shape index (κ1) is 13.7. The van der Waals surface area contributed by atoms with Crippen LogP contribution in [0, 0.1) is 0 Å². The minimum absolute atomic E-state index is 0. The molecule has 7 nitrogen and oxygen atoms in total. The van der Waals surface area contributed by atoms with Crippen LogP contribution in [-0.4, -0.2) is 33.7 Å². The first-order valence-electron chi connectivity index (χ1n) is 5.26. The molecule has 1 fully saturated rings. The van der Waals surface area contributed by atoms with E-state index in [0.29, 0.717) is 5.95 Å². The van der Waals surface area contributed by atoms with Gasteiger partial charge in [-0.2, -0.15) is 4.98 Å². The highest BCUT2D eigenvalue weighted by molar-refractivity contribution is 5.85. The summed E-state index contributed by atoms with van der Waals surface area (Å²) in [5.41, 5.74) is 4.80. The van der Waals surface area contributed by atoms with Crippen LogP contribution in [0.3, 0.4) is 0 Å². The summed E-state index contributed by atoms with van der Waals surface area (Å²) in [5, 5.41) is 0. The highest BCUT2D eigenvalue weighted by Gasteiger charge is 2.18. The normalized spacial score (nSPS) is 16.7. The Kier molecular flexibility index (Phi) is 4.30. The van der Waals surface area contributed by atoms with Crippen LogP contribution >= 0.6 is 12.4 Å². The van der Waals surface area contributed by atoms with Gasteiger partial charge in [-0.15, -0.1) is 12.4 Å². The molecule has 1 aliphatic heterocycles. The summed E-state index contributed by atoms with van der Waals surface area (Å²) in [5.74, 6) is 0.347. The molecule has 1 aromatic heterocycles. The Balaban J connectivity index is 0.00000144. The first-order chi connectivity index (χ1) is 7.58. The van der Waals surface area contributed by atoms with Crippen LogP contribution in [0.1, 0.15) is 12.8 Å². The van der Waals surface area contributed by atoms with Gasteiger partial charge in [0.05, 0.1) is 0 Å². The molecule has 1 aliphatic rings. The molecular formula is C9H16ClN5O2. The molecule has 0 atom stereocenters. The Hall–Kier alpha value is -1.34. The maximum Gasteiger partial charge on any atom is 0.354 e. The van der Waals surface area contributed by atoms with Gasteiger partial charge in [0.25, 0.3) is 0 Å². The van der Waals surface area contributed by atoms with Crippen molar-refractivity contribution in [3.8, 4) is 0 Å². The molecule has 0 bridgehead atoms. The third-order valence-corrected chi connectivity index (χ3v) is 2.85. The number of H-pyrrole nitrogens is 1. The second-order valence-electron chi connectivity index (χ2n) is 4.03. The number of aromatic amines is 1. The number of nitrogens with zero attached hydrogens (tertiary/aromatic N) is 3. The number of hydrogen-bond acceptors (Lipinski definition) is 5. The van der Waals surface area contributed by atoms with Gasteiger partial charge in [0.2, 0.25) is 5.95 Å². The molecule has 1 aromatic rings.